The molecule has 4 saturated carbocycles. The van der Waals surface area contributed by atoms with Crippen LogP contribution in [0, 0.1) is 50.2 Å². The molecule has 22 nitrogen and oxygen atoms in total. The van der Waals surface area contributed by atoms with Crippen LogP contribution in [0.2, 0.25) is 0 Å². The molecule has 4 heterocycles. The number of carboxylic acids is 1. The SMILES string of the molecule is C[C@@H]1O[C@@H](O[C@H]2[C@H](OC(=O)[C@]34CCC(C)(C)C[C@H]3C3=CC[C@H]5[C@@]6(C)CC[C@H](O[C@@H]7O[C@H](C(=O)O)[C@@H](O)[C@H](O)[C@H]7O)C(C)(C)[C@H]6CC[C@@]5(C)[C@@]3(C)C[C@@H]4O)OC[C@H](O)[C@@H]2O)[C@H](O)[C@H](O)[C@H]1O[C@@H]1OC[C@@H](O)[C@H](O)[C@H]1O. The Labute approximate surface area is 430 Å². The summed E-state index contributed by atoms with van der Waals surface area (Å²) < 4.78 is 47.1. The van der Waals surface area contributed by atoms with Crippen LogP contribution in [0.3, 0.4) is 0 Å². The zero-order valence-electron chi connectivity index (χ0n) is 43.6. The lowest BCUT2D eigenvalue weighted by Crippen LogP contribution is -2.68. The molecule has 4 aliphatic heterocycles. The Morgan fingerprint density at radius 1 is 0.608 bits per heavy atom. The maximum Gasteiger partial charge on any atom is 0.335 e. The lowest BCUT2D eigenvalue weighted by Gasteiger charge is -2.71. The van der Waals surface area contributed by atoms with E-state index in [1.54, 1.807) is 0 Å². The van der Waals surface area contributed by atoms with E-state index in [4.69, 9.17) is 37.9 Å². The molecule has 422 valence electrons. The highest BCUT2D eigenvalue weighted by Crippen LogP contribution is 2.76. The average molecular weight is 1060 g/mol. The Morgan fingerprint density at radius 3 is 1.89 bits per heavy atom. The Morgan fingerprint density at radius 2 is 1.22 bits per heavy atom. The molecule has 0 aromatic heterocycles. The van der Waals surface area contributed by atoms with Crippen LogP contribution in [-0.4, -0.2) is 209 Å². The van der Waals surface area contributed by atoms with Crippen molar-refractivity contribution in [2.24, 2.45) is 50.2 Å². The molecule has 74 heavy (non-hydrogen) atoms. The molecule has 22 heteroatoms. The fraction of sp³-hybridized carbons (Fsp3) is 0.923. The van der Waals surface area contributed by atoms with Gasteiger partial charge in [-0.05, 0) is 110 Å². The monoisotopic (exact) mass is 1060 g/mol. The maximum absolute atomic E-state index is 15.3. The lowest BCUT2D eigenvalue weighted by molar-refractivity contribution is -0.369. The van der Waals surface area contributed by atoms with Crippen LogP contribution in [0.15, 0.2) is 11.6 Å². The minimum atomic E-state index is -1.88. The number of carbonyl (C=O) groups excluding carboxylic acids is 1. The van der Waals surface area contributed by atoms with Gasteiger partial charge in [0.15, 0.2) is 31.1 Å². The molecule has 0 aromatic carbocycles. The number of carbonyl (C=O) groups is 2. The fourth-order valence-electron chi connectivity index (χ4n) is 16.0. The van der Waals surface area contributed by atoms with Gasteiger partial charge in [-0.1, -0.05) is 60.1 Å². The van der Waals surface area contributed by atoms with Gasteiger partial charge in [-0.25, -0.2) is 4.79 Å². The maximum atomic E-state index is 15.3. The van der Waals surface area contributed by atoms with Crippen LogP contribution < -0.4 is 0 Å². The summed E-state index contributed by atoms with van der Waals surface area (Å²) in [6.45, 7) is 16.0. The van der Waals surface area contributed by atoms with Crippen molar-refractivity contribution in [2.75, 3.05) is 13.2 Å². The minimum Gasteiger partial charge on any atom is -0.479 e. The molecule has 0 radical (unpaired) electrons. The predicted octanol–water partition coefficient (Wildman–Crippen LogP) is -0.666. The number of aliphatic carboxylic acids is 1. The topological polar surface area (TPSA) is 351 Å². The van der Waals surface area contributed by atoms with E-state index in [1.807, 2.05) is 0 Å². The van der Waals surface area contributed by atoms with Crippen molar-refractivity contribution in [1.29, 1.82) is 0 Å². The highest BCUT2D eigenvalue weighted by molar-refractivity contribution is 5.80. The van der Waals surface area contributed by atoms with Crippen molar-refractivity contribution < 1.29 is 109 Å². The molecular weight excluding hydrogens is 977 g/mol. The zero-order valence-corrected chi connectivity index (χ0v) is 43.6. The van der Waals surface area contributed by atoms with Gasteiger partial charge >= 0.3 is 11.9 Å². The molecule has 12 N–H and O–H groups in total. The molecule has 0 unspecified atom stereocenters. The van der Waals surface area contributed by atoms with Gasteiger partial charge in [0.1, 0.15) is 72.6 Å². The van der Waals surface area contributed by atoms with Crippen molar-refractivity contribution >= 4 is 11.9 Å². The second-order valence-corrected chi connectivity index (χ2v) is 25.5. The molecule has 0 spiro atoms. The van der Waals surface area contributed by atoms with Crippen molar-refractivity contribution in [1.82, 2.24) is 0 Å². The molecule has 0 amide bonds. The number of fused-ring (bicyclic) bond motifs is 7. The number of hydrogen-bond acceptors (Lipinski definition) is 21. The van der Waals surface area contributed by atoms with Crippen molar-refractivity contribution in [3.63, 3.8) is 0 Å². The predicted molar refractivity (Wildman–Crippen MR) is 251 cm³/mol. The Bertz CT molecular complexity index is 2110. The van der Waals surface area contributed by atoms with E-state index in [9.17, 15) is 66.1 Å². The Kier molecular flexibility index (Phi) is 15.3. The highest BCUT2D eigenvalue weighted by atomic mass is 16.8. The summed E-state index contributed by atoms with van der Waals surface area (Å²) in [6, 6.07) is 0. The first-order valence-electron chi connectivity index (χ1n) is 26.6. The third-order valence-electron chi connectivity index (χ3n) is 20.6. The first-order valence-corrected chi connectivity index (χ1v) is 26.6. The molecule has 9 rings (SSSR count). The Hall–Kier alpha value is -2.04. The standard InChI is InChI=1S/C52H82O22/c1-21-38(71-42-35(61)30(56)24(53)19-67-42)34(60)37(63)43(69-21)73-40-31(57)25(54)20-68-45(40)74-46(66)52-16-15-47(2,3)17-23(52)22-9-10-27-49(6)13-12-29(70-44-36(62)32(58)33(59)39(72-44)41(64)65)48(4,5)26(49)11-14-50(27,7)51(22,8)18-28(52)55/h9,21,23-40,42-45,53-63H,10-20H2,1-8H3,(H,64,65)/t21-,23-,24+,25-,26+,27-,28-,29-,30-,31-,32-,33-,34-,35+,36+,37+,38-,39-,40+,42-,43-,44+,45-,49-,50+,51-,52+/m0/s1. The summed E-state index contributed by atoms with van der Waals surface area (Å²) in [6.07, 6.45) is -23.4. The third kappa shape index (κ3) is 8.94. The van der Waals surface area contributed by atoms with Crippen LogP contribution in [0.5, 0.6) is 0 Å². The number of aliphatic hydroxyl groups is 11. The summed E-state index contributed by atoms with van der Waals surface area (Å²) in [4.78, 5) is 27.2. The summed E-state index contributed by atoms with van der Waals surface area (Å²) >= 11 is 0. The Balaban J connectivity index is 0.944. The molecule has 9 aliphatic rings. The van der Waals surface area contributed by atoms with Gasteiger partial charge in [-0.2, -0.15) is 0 Å². The summed E-state index contributed by atoms with van der Waals surface area (Å²) in [5, 5.41) is 130. The number of ether oxygens (including phenoxy) is 8. The highest BCUT2D eigenvalue weighted by Gasteiger charge is 2.72. The quantitative estimate of drug-likeness (QED) is 0.0774. The normalized spacial score (nSPS) is 54.0. The van der Waals surface area contributed by atoms with Crippen molar-refractivity contribution in [3.05, 3.63) is 11.6 Å². The first-order chi connectivity index (χ1) is 34.4. The van der Waals surface area contributed by atoms with E-state index in [0.717, 1.165) is 18.4 Å². The summed E-state index contributed by atoms with van der Waals surface area (Å²) in [5.41, 5.74) is -2.35. The summed E-state index contributed by atoms with van der Waals surface area (Å²) in [5.74, 6) is -2.53. The molecule has 8 fully saturated rings. The van der Waals surface area contributed by atoms with Crippen LogP contribution in [0.4, 0.5) is 0 Å². The van der Waals surface area contributed by atoms with Gasteiger partial charge in [-0.3, -0.25) is 4.79 Å². The van der Waals surface area contributed by atoms with E-state index in [-0.39, 0.29) is 47.5 Å². The van der Waals surface area contributed by atoms with Gasteiger partial charge < -0.3 is 99.2 Å². The van der Waals surface area contributed by atoms with Gasteiger partial charge in [0, 0.05) is 0 Å². The minimum absolute atomic E-state index is 0.0880. The number of carboxylic acid groups (broad SMARTS) is 1. The van der Waals surface area contributed by atoms with Gasteiger partial charge in [-0.15, -0.1) is 0 Å². The first kappa shape index (κ1) is 56.7. The molecule has 0 bridgehead atoms. The summed E-state index contributed by atoms with van der Waals surface area (Å²) in [7, 11) is 0. The fourth-order valence-corrected chi connectivity index (χ4v) is 16.0. The van der Waals surface area contributed by atoms with E-state index >= 15 is 4.79 Å². The average Bonchev–Trinajstić information content (AvgIpc) is 3.32. The largest absolute Gasteiger partial charge is 0.479 e. The van der Waals surface area contributed by atoms with Crippen LogP contribution in [0.25, 0.3) is 0 Å². The number of esters is 1. The van der Waals surface area contributed by atoms with E-state index in [1.165, 1.54) is 6.92 Å². The molecular formula is C52H82O22. The zero-order chi connectivity index (χ0) is 54.2. The van der Waals surface area contributed by atoms with Crippen molar-refractivity contribution in [2.45, 2.75) is 236 Å². The van der Waals surface area contributed by atoms with E-state index < -0.39 is 164 Å². The van der Waals surface area contributed by atoms with E-state index in [0.29, 0.717) is 32.1 Å². The number of allylic oxidation sites excluding steroid dienone is 2. The second-order valence-electron chi connectivity index (χ2n) is 25.5. The van der Waals surface area contributed by atoms with Crippen LogP contribution in [0.1, 0.15) is 113 Å². The third-order valence-corrected chi connectivity index (χ3v) is 20.6. The van der Waals surface area contributed by atoms with Crippen LogP contribution in [-0.2, 0) is 47.5 Å². The second kappa shape index (κ2) is 19.9. The molecule has 4 saturated heterocycles. The van der Waals surface area contributed by atoms with E-state index in [2.05, 4.69) is 54.5 Å². The lowest BCUT2D eigenvalue weighted by atomic mass is 9.33. The molecule has 0 aromatic rings. The number of rotatable bonds is 9. The van der Waals surface area contributed by atoms with Crippen LogP contribution >= 0.6 is 0 Å². The number of aliphatic hydroxyl groups excluding tert-OH is 11. The molecule has 27 atom stereocenters. The van der Waals surface area contributed by atoms with Gasteiger partial charge in [0.2, 0.25) is 6.29 Å². The smallest absolute Gasteiger partial charge is 0.335 e. The number of hydrogen-bond donors (Lipinski definition) is 12. The van der Waals surface area contributed by atoms with Gasteiger partial charge in [0.05, 0.1) is 31.5 Å². The molecule has 5 aliphatic carbocycles. The van der Waals surface area contributed by atoms with Crippen molar-refractivity contribution in [3.8, 4) is 0 Å². The van der Waals surface area contributed by atoms with Gasteiger partial charge in [0.25, 0.3) is 0 Å².